The van der Waals surface area contributed by atoms with E-state index in [0.29, 0.717) is 38.0 Å². The molecular weight excluding hydrogens is 1380 g/mol. The maximum absolute atomic E-state index is 15.9. The van der Waals surface area contributed by atoms with Crippen molar-refractivity contribution in [1.82, 2.24) is 60.0 Å². The zero-order chi connectivity index (χ0) is 77.9. The standard InChI is InChI=1S/C77H126ClF3N12O12/c1-16-48(5)64-73(103)87(10)49(6)68(98)93-38-35-57(93)72(102)90(13)60(42-50-26-18-17-19-27-50)71(101)86(9)45-62(94)82-56(34-32-51-31-33-54(55(78)41-51)77(79,80)81)69(99)89(12)59(43-52-28-24-25-47(4)40-52)67(97)84-76(36-22-23-37-76)75(105)92(15)65(53-29-20-21-30-53)74(104)91(14)61(70(100)85(7)8)44-63(95)88(11)58(39-46(2)3)66(96)83-64/h46-61,64-65H,16-45H2,1-15H3,(H,82,94)(H,83,96)(H,84,97)/t47?,48-,49-,51?,52?,54?,55?,56-,57-,58-,59-,60-,61-,64-,65-/m0/s1. The monoisotopic (exact) mass is 1500 g/mol. The van der Waals surface area contributed by atoms with Crippen LogP contribution in [0.2, 0.25) is 0 Å². The van der Waals surface area contributed by atoms with Crippen LogP contribution in [-0.2, 0) is 57.5 Å². The van der Waals surface area contributed by atoms with Crippen LogP contribution in [0, 0.1) is 47.3 Å². The lowest BCUT2D eigenvalue weighted by Gasteiger charge is -2.45. The summed E-state index contributed by atoms with van der Waals surface area (Å²) < 4.78 is 42.5. The van der Waals surface area contributed by atoms with Gasteiger partial charge in [0.15, 0.2) is 0 Å². The van der Waals surface area contributed by atoms with Gasteiger partial charge in [0.2, 0.25) is 70.9 Å². The molecule has 0 aromatic heterocycles. The van der Waals surface area contributed by atoms with E-state index in [4.69, 9.17) is 11.6 Å². The molecule has 1 spiro atoms. The molecule has 2 aliphatic heterocycles. The highest BCUT2D eigenvalue weighted by molar-refractivity contribution is 6.21. The molecule has 28 heteroatoms. The van der Waals surface area contributed by atoms with Crippen LogP contribution >= 0.6 is 11.6 Å². The Kier molecular flexibility index (Phi) is 30.9. The summed E-state index contributed by atoms with van der Waals surface area (Å²) in [6.07, 6.45) is 7.78. The van der Waals surface area contributed by atoms with E-state index in [1.54, 1.807) is 6.92 Å². The SMILES string of the molecule is CC[C@H](C)[C@@H]1NC(=O)[C@H](CC(C)C)N(C)C(=O)C[C@@H](C(=O)N(C)C)N(C)C(=O)[C@H](C2CCCC2)N(C)C(=O)C2(CCCC2)NC(=O)[C@H](CC2CCCC(C)C2)N(C)C(=O)[C@H](CCC2CCC(C(F)(F)F)C(Cl)C2)NC(=O)CN(C)C(=O)[C@H](CC2CCCCC2)N(C)C(=O)[C@@H]2CCN2C(=O)[C@H](C)N(C)C1=O. The van der Waals surface area contributed by atoms with Crippen molar-refractivity contribution >= 4 is 82.5 Å². The normalized spacial score (nSPS) is 31.8. The first-order valence-corrected chi connectivity index (χ1v) is 39.8. The average molecular weight is 1500 g/mol. The number of amides is 12. The van der Waals surface area contributed by atoms with Crippen LogP contribution < -0.4 is 16.0 Å². The number of fused-ring (bicyclic) bond motifs is 1. The van der Waals surface area contributed by atoms with Gasteiger partial charge in [0, 0.05) is 75.4 Å². The van der Waals surface area contributed by atoms with Crippen molar-refractivity contribution in [2.24, 2.45) is 47.3 Å². The number of alkyl halides is 4. The topological polar surface area (TPSA) is 270 Å². The average Bonchev–Trinajstić information content (AvgIpc) is 1.77. The fraction of sp³-hybridized carbons (Fsp3) is 0.844. The van der Waals surface area contributed by atoms with Crippen LogP contribution in [0.3, 0.4) is 0 Å². The molecule has 15 atom stereocenters. The van der Waals surface area contributed by atoms with Crippen molar-refractivity contribution in [3.63, 3.8) is 0 Å². The van der Waals surface area contributed by atoms with Gasteiger partial charge < -0.3 is 60.0 Å². The van der Waals surface area contributed by atoms with E-state index in [1.807, 2.05) is 20.8 Å². The number of halogens is 4. The fourth-order valence-electron chi connectivity index (χ4n) is 17.9. The van der Waals surface area contributed by atoms with E-state index < -0.39 is 173 Å². The number of hydrogen-bond acceptors (Lipinski definition) is 12. The maximum Gasteiger partial charge on any atom is 0.393 e. The fourth-order valence-corrected chi connectivity index (χ4v) is 18.5. The third-order valence-electron chi connectivity index (χ3n) is 25.1. The van der Waals surface area contributed by atoms with Crippen molar-refractivity contribution in [3.8, 4) is 0 Å². The van der Waals surface area contributed by atoms with Crippen LogP contribution in [0.15, 0.2) is 0 Å². The van der Waals surface area contributed by atoms with Gasteiger partial charge >= 0.3 is 6.18 Å². The van der Waals surface area contributed by atoms with Gasteiger partial charge in [0.05, 0.1) is 18.9 Å². The molecule has 7 aliphatic rings. The summed E-state index contributed by atoms with van der Waals surface area (Å²) in [5.74, 6) is -10.4. The third-order valence-corrected chi connectivity index (χ3v) is 25.6. The number of hydrogen-bond donors (Lipinski definition) is 3. The number of nitrogens with one attached hydrogen (secondary N) is 3. The zero-order valence-corrected chi connectivity index (χ0v) is 66.3. The van der Waals surface area contributed by atoms with Gasteiger partial charge in [-0.25, -0.2) is 0 Å². The van der Waals surface area contributed by atoms with E-state index >= 15 is 28.8 Å². The summed E-state index contributed by atoms with van der Waals surface area (Å²) in [4.78, 5) is 194. The molecule has 7 rings (SSSR count). The Morgan fingerprint density at radius 2 is 1.21 bits per heavy atom. The predicted molar refractivity (Wildman–Crippen MR) is 393 cm³/mol. The lowest BCUT2D eigenvalue weighted by atomic mass is 9.78. The molecular formula is C77H126ClF3N12O12. The summed E-state index contributed by atoms with van der Waals surface area (Å²) in [6, 6.07) is -10.9. The number of likely N-dealkylation sites (N-methyl/N-ethyl adjacent to an activating group) is 8. The van der Waals surface area contributed by atoms with Crippen molar-refractivity contribution in [3.05, 3.63) is 0 Å². The second-order valence-corrected chi connectivity index (χ2v) is 33.9. The molecule has 0 bridgehead atoms. The van der Waals surface area contributed by atoms with Crippen LogP contribution in [0.4, 0.5) is 13.2 Å². The van der Waals surface area contributed by atoms with Gasteiger partial charge in [-0.05, 0) is 138 Å². The number of rotatable bonds is 13. The van der Waals surface area contributed by atoms with Crippen LogP contribution in [0.25, 0.3) is 0 Å². The van der Waals surface area contributed by atoms with Crippen molar-refractivity contribution < 1.29 is 70.7 Å². The summed E-state index contributed by atoms with van der Waals surface area (Å²) >= 11 is 6.48. The molecule has 5 saturated carbocycles. The van der Waals surface area contributed by atoms with E-state index in [0.717, 1.165) is 70.6 Å². The Morgan fingerprint density at radius 3 is 1.78 bits per heavy atom. The van der Waals surface area contributed by atoms with Crippen molar-refractivity contribution in [1.29, 1.82) is 0 Å². The molecule has 7 fully saturated rings. The van der Waals surface area contributed by atoms with Crippen LogP contribution in [-0.4, -0.2) is 263 Å². The lowest BCUT2D eigenvalue weighted by Crippen LogP contribution is -2.65. The molecule has 0 radical (unpaired) electrons. The zero-order valence-electron chi connectivity index (χ0n) is 65.5. The van der Waals surface area contributed by atoms with Gasteiger partial charge in [-0.3, -0.25) is 57.5 Å². The minimum Gasteiger partial charge on any atom is -0.347 e. The minimum absolute atomic E-state index is 0.00550. The van der Waals surface area contributed by atoms with Crippen molar-refractivity contribution in [2.75, 3.05) is 76.5 Å². The second-order valence-electron chi connectivity index (χ2n) is 33.3. The van der Waals surface area contributed by atoms with Gasteiger partial charge in [-0.2, -0.15) is 13.2 Å². The summed E-state index contributed by atoms with van der Waals surface area (Å²) in [5, 5.41) is 7.79. The molecule has 12 amide bonds. The maximum atomic E-state index is 15.9. The second kappa shape index (κ2) is 37.7. The molecule has 105 heavy (non-hydrogen) atoms. The number of carbonyl (C=O) groups excluding carboxylic acids is 12. The molecule has 0 aromatic carbocycles. The molecule has 24 nitrogen and oxygen atoms in total. The quantitative estimate of drug-likeness (QED) is 0.149. The number of carbonyl (C=O) groups is 12. The Morgan fingerprint density at radius 1 is 0.600 bits per heavy atom. The summed E-state index contributed by atoms with van der Waals surface area (Å²) in [7, 11) is 13.2. The van der Waals surface area contributed by atoms with E-state index in [1.165, 1.54) is 114 Å². The first-order chi connectivity index (χ1) is 49.3. The smallest absolute Gasteiger partial charge is 0.347 e. The first kappa shape index (κ1) is 86.0. The lowest BCUT2D eigenvalue weighted by molar-refractivity contribution is -0.182. The molecule has 0 aromatic rings. The van der Waals surface area contributed by atoms with Gasteiger partial charge in [0.1, 0.15) is 59.9 Å². The van der Waals surface area contributed by atoms with E-state index in [-0.39, 0.29) is 101 Å². The van der Waals surface area contributed by atoms with Gasteiger partial charge in [-0.1, -0.05) is 118 Å². The van der Waals surface area contributed by atoms with Gasteiger partial charge in [-0.15, -0.1) is 11.6 Å². The largest absolute Gasteiger partial charge is 0.393 e. The highest BCUT2D eigenvalue weighted by atomic mass is 35.5. The molecule has 5 unspecified atom stereocenters. The number of nitrogens with zero attached hydrogens (tertiary/aromatic N) is 9. The predicted octanol–water partition coefficient (Wildman–Crippen LogP) is 7.75. The van der Waals surface area contributed by atoms with E-state index in [2.05, 4.69) is 22.9 Å². The Labute approximate surface area is 627 Å². The third kappa shape index (κ3) is 21.2. The molecule has 594 valence electrons. The molecule has 5 aliphatic carbocycles. The summed E-state index contributed by atoms with van der Waals surface area (Å²) in [6.45, 7) is 10.6. The van der Waals surface area contributed by atoms with E-state index in [9.17, 15) is 41.9 Å². The molecule has 2 heterocycles. The van der Waals surface area contributed by atoms with Crippen LogP contribution in [0.1, 0.15) is 221 Å². The Bertz CT molecular complexity index is 3070. The highest BCUT2D eigenvalue weighted by Crippen LogP contribution is 2.44. The Balaban J connectivity index is 1.32. The molecule has 3 N–H and O–H groups in total. The van der Waals surface area contributed by atoms with Crippen LogP contribution in [0.5, 0.6) is 0 Å². The van der Waals surface area contributed by atoms with Gasteiger partial charge in [0.25, 0.3) is 0 Å². The first-order valence-electron chi connectivity index (χ1n) is 39.3. The highest BCUT2D eigenvalue weighted by Gasteiger charge is 2.53. The molecule has 2 saturated heterocycles. The minimum atomic E-state index is -4.52. The van der Waals surface area contributed by atoms with Crippen molar-refractivity contribution in [2.45, 2.75) is 293 Å². The Hall–Kier alpha value is -6.28. The summed E-state index contributed by atoms with van der Waals surface area (Å²) in [5.41, 5.74) is -1.59.